The van der Waals surface area contributed by atoms with Crippen LogP contribution in [0.4, 0.5) is 5.69 Å². The molecule has 106 valence electrons. The SMILES string of the molecule is COc1cc(N2CC(c3nnc4ccccn34)C2)ccn1. The lowest BCUT2D eigenvalue weighted by Crippen LogP contribution is -2.45. The van der Waals surface area contributed by atoms with E-state index in [0.29, 0.717) is 11.8 Å². The van der Waals surface area contributed by atoms with Crippen LogP contribution in [0.5, 0.6) is 5.88 Å². The lowest BCUT2D eigenvalue weighted by Gasteiger charge is -2.40. The fourth-order valence-corrected chi connectivity index (χ4v) is 2.70. The van der Waals surface area contributed by atoms with E-state index in [9.17, 15) is 0 Å². The molecular weight excluding hydrogens is 266 g/mol. The van der Waals surface area contributed by atoms with Gasteiger partial charge in [-0.3, -0.25) is 4.40 Å². The molecule has 0 atom stereocenters. The van der Waals surface area contributed by atoms with Crippen molar-refractivity contribution in [2.45, 2.75) is 5.92 Å². The molecule has 1 aliphatic rings. The molecule has 0 N–H and O–H groups in total. The van der Waals surface area contributed by atoms with Crippen LogP contribution in [0.25, 0.3) is 5.65 Å². The molecule has 0 amide bonds. The van der Waals surface area contributed by atoms with E-state index >= 15 is 0 Å². The maximum absolute atomic E-state index is 5.17. The van der Waals surface area contributed by atoms with E-state index in [1.54, 1.807) is 13.3 Å². The molecule has 0 radical (unpaired) electrons. The van der Waals surface area contributed by atoms with Gasteiger partial charge in [-0.05, 0) is 18.2 Å². The van der Waals surface area contributed by atoms with Crippen molar-refractivity contribution in [1.29, 1.82) is 0 Å². The van der Waals surface area contributed by atoms with Crippen molar-refractivity contribution in [1.82, 2.24) is 19.6 Å². The minimum Gasteiger partial charge on any atom is -0.481 e. The Bertz CT molecular complexity index is 778. The summed E-state index contributed by atoms with van der Waals surface area (Å²) in [7, 11) is 1.63. The van der Waals surface area contributed by atoms with Crippen molar-refractivity contribution in [2.24, 2.45) is 0 Å². The lowest BCUT2D eigenvalue weighted by molar-refractivity contribution is 0.397. The molecule has 3 aromatic rings. The van der Waals surface area contributed by atoms with Gasteiger partial charge in [-0.2, -0.15) is 0 Å². The van der Waals surface area contributed by atoms with Gasteiger partial charge >= 0.3 is 0 Å². The maximum atomic E-state index is 5.17. The van der Waals surface area contributed by atoms with Crippen LogP contribution in [0.15, 0.2) is 42.7 Å². The van der Waals surface area contributed by atoms with Gasteiger partial charge in [0.15, 0.2) is 5.65 Å². The van der Waals surface area contributed by atoms with Crippen molar-refractivity contribution in [2.75, 3.05) is 25.1 Å². The standard InChI is InChI=1S/C15H15N5O/c1-21-14-8-12(5-6-16-14)19-9-11(10-19)15-18-17-13-4-2-3-7-20(13)15/h2-8,11H,9-10H2,1H3. The summed E-state index contributed by atoms with van der Waals surface area (Å²) in [6, 6.07) is 9.91. The molecule has 4 heterocycles. The summed E-state index contributed by atoms with van der Waals surface area (Å²) < 4.78 is 7.23. The molecule has 0 saturated carbocycles. The second-order valence-electron chi connectivity index (χ2n) is 5.15. The normalized spacial score (nSPS) is 15.2. The number of hydrogen-bond donors (Lipinski definition) is 0. The number of rotatable bonds is 3. The van der Waals surface area contributed by atoms with Gasteiger partial charge in [0, 0.05) is 37.2 Å². The van der Waals surface area contributed by atoms with E-state index in [2.05, 4.69) is 24.5 Å². The summed E-state index contributed by atoms with van der Waals surface area (Å²) >= 11 is 0. The molecule has 6 nitrogen and oxygen atoms in total. The molecule has 0 aromatic carbocycles. The van der Waals surface area contributed by atoms with Gasteiger partial charge in [0.25, 0.3) is 0 Å². The summed E-state index contributed by atoms with van der Waals surface area (Å²) in [4.78, 5) is 6.42. The van der Waals surface area contributed by atoms with Crippen LogP contribution in [0.2, 0.25) is 0 Å². The average Bonchev–Trinajstić information content (AvgIpc) is 2.90. The van der Waals surface area contributed by atoms with Gasteiger partial charge in [-0.15, -0.1) is 10.2 Å². The van der Waals surface area contributed by atoms with Crippen molar-refractivity contribution in [3.63, 3.8) is 0 Å². The maximum Gasteiger partial charge on any atom is 0.214 e. The third-order valence-corrected chi connectivity index (χ3v) is 3.88. The van der Waals surface area contributed by atoms with E-state index in [1.807, 2.05) is 36.5 Å². The summed E-state index contributed by atoms with van der Waals surface area (Å²) in [5.74, 6) is 2.08. The first kappa shape index (κ1) is 12.1. The Hall–Kier alpha value is -2.63. The Balaban J connectivity index is 1.54. The molecule has 1 aliphatic heterocycles. The summed E-state index contributed by atoms with van der Waals surface area (Å²) in [6.07, 6.45) is 3.79. The van der Waals surface area contributed by atoms with Crippen LogP contribution in [0, 0.1) is 0 Å². The zero-order valence-electron chi connectivity index (χ0n) is 11.7. The van der Waals surface area contributed by atoms with E-state index in [0.717, 1.165) is 30.2 Å². The summed E-state index contributed by atoms with van der Waals surface area (Å²) in [6.45, 7) is 1.87. The second kappa shape index (κ2) is 4.73. The first-order valence-electron chi connectivity index (χ1n) is 6.90. The quantitative estimate of drug-likeness (QED) is 0.732. The molecule has 3 aromatic heterocycles. The van der Waals surface area contributed by atoms with E-state index in [-0.39, 0.29) is 0 Å². The fourth-order valence-electron chi connectivity index (χ4n) is 2.70. The average molecular weight is 281 g/mol. The van der Waals surface area contributed by atoms with Gasteiger partial charge in [-0.25, -0.2) is 4.98 Å². The van der Waals surface area contributed by atoms with Crippen LogP contribution >= 0.6 is 0 Å². The number of aromatic nitrogens is 4. The summed E-state index contributed by atoms with van der Waals surface area (Å²) in [5.41, 5.74) is 2.03. The van der Waals surface area contributed by atoms with E-state index < -0.39 is 0 Å². The predicted octanol–water partition coefficient (Wildman–Crippen LogP) is 1.74. The van der Waals surface area contributed by atoms with Crippen molar-refractivity contribution >= 4 is 11.3 Å². The Morgan fingerprint density at radius 3 is 2.95 bits per heavy atom. The number of ether oxygens (including phenoxy) is 1. The first-order chi connectivity index (χ1) is 10.3. The minimum absolute atomic E-state index is 0.404. The number of nitrogens with zero attached hydrogens (tertiary/aromatic N) is 5. The molecule has 4 rings (SSSR count). The third-order valence-electron chi connectivity index (χ3n) is 3.88. The van der Waals surface area contributed by atoms with Crippen LogP contribution in [-0.4, -0.2) is 39.8 Å². The predicted molar refractivity (Wildman–Crippen MR) is 78.7 cm³/mol. The number of methoxy groups -OCH3 is 1. The number of pyridine rings is 2. The largest absolute Gasteiger partial charge is 0.481 e. The molecule has 0 aliphatic carbocycles. The topological polar surface area (TPSA) is 55.5 Å². The zero-order valence-corrected chi connectivity index (χ0v) is 11.7. The summed E-state index contributed by atoms with van der Waals surface area (Å²) in [5, 5.41) is 8.54. The molecule has 0 unspecified atom stereocenters. The molecule has 1 saturated heterocycles. The number of anilines is 1. The van der Waals surface area contributed by atoms with Crippen LogP contribution in [0.1, 0.15) is 11.7 Å². The zero-order chi connectivity index (χ0) is 14.2. The van der Waals surface area contributed by atoms with Crippen molar-refractivity contribution in [3.8, 4) is 5.88 Å². The molecule has 1 fully saturated rings. The van der Waals surface area contributed by atoms with Gasteiger partial charge < -0.3 is 9.64 Å². The highest BCUT2D eigenvalue weighted by molar-refractivity contribution is 5.52. The highest BCUT2D eigenvalue weighted by Gasteiger charge is 2.32. The van der Waals surface area contributed by atoms with Gasteiger partial charge in [-0.1, -0.05) is 6.07 Å². The Morgan fingerprint density at radius 2 is 2.10 bits per heavy atom. The highest BCUT2D eigenvalue weighted by atomic mass is 16.5. The van der Waals surface area contributed by atoms with Crippen molar-refractivity contribution in [3.05, 3.63) is 48.5 Å². The van der Waals surface area contributed by atoms with Crippen LogP contribution < -0.4 is 9.64 Å². The molecule has 0 spiro atoms. The highest BCUT2D eigenvalue weighted by Crippen LogP contribution is 2.31. The van der Waals surface area contributed by atoms with Crippen LogP contribution in [-0.2, 0) is 0 Å². The third kappa shape index (κ3) is 1.99. The van der Waals surface area contributed by atoms with E-state index in [1.165, 1.54) is 0 Å². The fraction of sp³-hybridized carbons (Fsp3) is 0.267. The molecule has 6 heteroatoms. The molecular formula is C15H15N5O. The Kier molecular flexibility index (Phi) is 2.73. The van der Waals surface area contributed by atoms with E-state index in [4.69, 9.17) is 4.74 Å². The van der Waals surface area contributed by atoms with Gasteiger partial charge in [0.2, 0.25) is 5.88 Å². The first-order valence-corrected chi connectivity index (χ1v) is 6.90. The smallest absolute Gasteiger partial charge is 0.214 e. The minimum atomic E-state index is 0.404. The Labute approximate surface area is 122 Å². The Morgan fingerprint density at radius 1 is 1.19 bits per heavy atom. The number of hydrogen-bond acceptors (Lipinski definition) is 5. The monoisotopic (exact) mass is 281 g/mol. The lowest BCUT2D eigenvalue weighted by atomic mass is 9.98. The molecule has 0 bridgehead atoms. The van der Waals surface area contributed by atoms with Crippen molar-refractivity contribution < 1.29 is 4.74 Å². The van der Waals surface area contributed by atoms with Gasteiger partial charge in [0.1, 0.15) is 5.82 Å². The number of fused-ring (bicyclic) bond motifs is 1. The van der Waals surface area contributed by atoms with Crippen LogP contribution in [0.3, 0.4) is 0 Å². The van der Waals surface area contributed by atoms with Gasteiger partial charge in [0.05, 0.1) is 13.0 Å². The molecule has 21 heavy (non-hydrogen) atoms. The second-order valence-corrected chi connectivity index (χ2v) is 5.15.